The standard InChI is InChI=1S/C12H16N2OS3/c1-15-11-7-3-5-10(6-4-8-11)12-9-14(12)18-17-13-16-2/h3-5,7-9,11,13H,6H2,1-2H3/b7-3?,8-4?,10-5+. The van der Waals surface area contributed by atoms with E-state index in [0.29, 0.717) is 0 Å². The number of methoxy groups -OCH3 is 1. The molecule has 0 aromatic carbocycles. The molecule has 0 saturated heterocycles. The van der Waals surface area contributed by atoms with Crippen LogP contribution in [0, 0.1) is 0 Å². The molecule has 1 N–H and O–H groups in total. The van der Waals surface area contributed by atoms with Gasteiger partial charge in [-0.05, 0) is 18.2 Å². The third-order valence-electron chi connectivity index (χ3n) is 2.51. The van der Waals surface area contributed by atoms with Crippen LogP contribution < -0.4 is 4.13 Å². The van der Waals surface area contributed by atoms with Crippen molar-refractivity contribution in [3.63, 3.8) is 0 Å². The molecule has 0 spiro atoms. The number of allylic oxidation sites excluding steroid dienone is 4. The van der Waals surface area contributed by atoms with Gasteiger partial charge in [0.2, 0.25) is 0 Å². The molecule has 6 heteroatoms. The van der Waals surface area contributed by atoms with Gasteiger partial charge in [0, 0.05) is 35.3 Å². The summed E-state index contributed by atoms with van der Waals surface area (Å²) in [6.07, 6.45) is 15.8. The Hall–Kier alpha value is -0.270. The predicted molar refractivity (Wildman–Crippen MR) is 83.5 cm³/mol. The third kappa shape index (κ3) is 4.13. The van der Waals surface area contributed by atoms with Crippen LogP contribution in [0.4, 0.5) is 0 Å². The third-order valence-corrected chi connectivity index (χ3v) is 5.30. The molecule has 1 aliphatic carbocycles. The molecular formula is C12H16N2OS3. The van der Waals surface area contributed by atoms with Gasteiger partial charge in [-0.3, -0.25) is 4.31 Å². The second kappa shape index (κ2) is 7.35. The number of hydrogen-bond donors (Lipinski definition) is 1. The highest BCUT2D eigenvalue weighted by atomic mass is 33.1. The summed E-state index contributed by atoms with van der Waals surface area (Å²) >= 11 is 1.61. The van der Waals surface area contributed by atoms with Crippen LogP contribution in [0.1, 0.15) is 6.42 Å². The van der Waals surface area contributed by atoms with Crippen LogP contribution >= 0.6 is 33.9 Å². The predicted octanol–water partition coefficient (Wildman–Crippen LogP) is 3.68. The van der Waals surface area contributed by atoms with Crippen LogP contribution in [-0.4, -0.2) is 23.8 Å². The fourth-order valence-electron chi connectivity index (χ4n) is 1.55. The highest BCUT2D eigenvalue weighted by Gasteiger charge is 2.25. The number of ether oxygens (including phenoxy) is 1. The molecule has 1 atom stereocenters. The molecular weight excluding hydrogens is 284 g/mol. The molecule has 18 heavy (non-hydrogen) atoms. The summed E-state index contributed by atoms with van der Waals surface area (Å²) in [4.78, 5) is 0. The zero-order valence-electron chi connectivity index (χ0n) is 10.3. The summed E-state index contributed by atoms with van der Waals surface area (Å²) in [6.45, 7) is 0. The summed E-state index contributed by atoms with van der Waals surface area (Å²) in [7, 11) is 5.05. The second-order valence-corrected chi connectivity index (χ2v) is 6.43. The van der Waals surface area contributed by atoms with Crippen molar-refractivity contribution in [1.29, 1.82) is 0 Å². The summed E-state index contributed by atoms with van der Waals surface area (Å²) in [5.41, 5.74) is 2.65. The Labute approximate surface area is 121 Å². The maximum Gasteiger partial charge on any atom is 0.0936 e. The molecule has 0 amide bonds. The molecule has 2 aliphatic rings. The average molecular weight is 300 g/mol. The molecule has 0 bridgehead atoms. The zero-order chi connectivity index (χ0) is 12.8. The maximum absolute atomic E-state index is 5.28. The summed E-state index contributed by atoms with van der Waals surface area (Å²) in [5, 5.41) is 0. The van der Waals surface area contributed by atoms with E-state index in [1.165, 1.54) is 11.3 Å². The van der Waals surface area contributed by atoms with Crippen LogP contribution in [-0.2, 0) is 4.74 Å². The minimum absolute atomic E-state index is 0.0998. The minimum Gasteiger partial charge on any atom is -0.373 e. The molecule has 0 radical (unpaired) electrons. The Bertz CT molecular complexity index is 404. The van der Waals surface area contributed by atoms with Gasteiger partial charge in [0.25, 0.3) is 0 Å². The van der Waals surface area contributed by atoms with Crippen molar-refractivity contribution < 1.29 is 4.74 Å². The monoisotopic (exact) mass is 300 g/mol. The lowest BCUT2D eigenvalue weighted by atomic mass is 10.1. The van der Waals surface area contributed by atoms with E-state index in [0.717, 1.165) is 6.42 Å². The van der Waals surface area contributed by atoms with Crippen molar-refractivity contribution in [2.75, 3.05) is 13.4 Å². The van der Waals surface area contributed by atoms with Gasteiger partial charge in [0.15, 0.2) is 0 Å². The quantitative estimate of drug-likeness (QED) is 0.348. The van der Waals surface area contributed by atoms with Crippen LogP contribution in [0.2, 0.25) is 0 Å². The molecule has 1 aliphatic heterocycles. The molecule has 0 saturated carbocycles. The Morgan fingerprint density at radius 2 is 2.33 bits per heavy atom. The number of nitrogens with zero attached hydrogens (tertiary/aromatic N) is 1. The van der Waals surface area contributed by atoms with Gasteiger partial charge in [-0.25, -0.2) is 0 Å². The molecule has 1 unspecified atom stereocenters. The van der Waals surface area contributed by atoms with Crippen molar-refractivity contribution in [2.24, 2.45) is 0 Å². The highest BCUT2D eigenvalue weighted by Crippen LogP contribution is 2.42. The highest BCUT2D eigenvalue weighted by molar-refractivity contribution is 8.76. The van der Waals surface area contributed by atoms with E-state index in [2.05, 4.69) is 45.0 Å². The molecule has 0 aromatic rings. The maximum atomic E-state index is 5.28. The Morgan fingerprint density at radius 3 is 3.11 bits per heavy atom. The lowest BCUT2D eigenvalue weighted by molar-refractivity contribution is 0.177. The average Bonchev–Trinajstić information content (AvgIpc) is 3.09. The first kappa shape index (κ1) is 14.1. The lowest BCUT2D eigenvalue weighted by Gasteiger charge is -2.09. The second-order valence-electron chi connectivity index (χ2n) is 3.69. The number of nitrogens with one attached hydrogen (secondary N) is 1. The topological polar surface area (TPSA) is 24.3 Å². The van der Waals surface area contributed by atoms with Gasteiger partial charge in [-0.1, -0.05) is 42.3 Å². The van der Waals surface area contributed by atoms with E-state index >= 15 is 0 Å². The van der Waals surface area contributed by atoms with E-state index < -0.39 is 0 Å². The van der Waals surface area contributed by atoms with Crippen LogP contribution in [0.15, 0.2) is 47.9 Å². The van der Waals surface area contributed by atoms with Crippen molar-refractivity contribution in [3.05, 3.63) is 47.9 Å². The van der Waals surface area contributed by atoms with E-state index in [1.54, 1.807) is 41.0 Å². The fraction of sp³-hybridized carbons (Fsp3) is 0.333. The number of hydrogen-bond acceptors (Lipinski definition) is 6. The van der Waals surface area contributed by atoms with Gasteiger partial charge in [-0.15, -0.1) is 0 Å². The van der Waals surface area contributed by atoms with Gasteiger partial charge < -0.3 is 4.74 Å². The lowest BCUT2D eigenvalue weighted by Crippen LogP contribution is -2.03. The molecule has 0 fully saturated rings. The van der Waals surface area contributed by atoms with Crippen molar-refractivity contribution >= 4 is 33.9 Å². The first-order valence-corrected chi connectivity index (χ1v) is 8.88. The number of rotatable bonds is 6. The van der Waals surface area contributed by atoms with Gasteiger partial charge in [-0.2, -0.15) is 4.13 Å². The molecule has 1 heterocycles. The van der Waals surface area contributed by atoms with E-state index in [9.17, 15) is 0 Å². The Morgan fingerprint density at radius 1 is 1.44 bits per heavy atom. The molecule has 98 valence electrons. The van der Waals surface area contributed by atoms with Crippen molar-refractivity contribution in [1.82, 2.24) is 8.43 Å². The largest absolute Gasteiger partial charge is 0.373 e. The summed E-state index contributed by atoms with van der Waals surface area (Å²) in [6, 6.07) is 0. The first-order chi connectivity index (χ1) is 8.85. The molecule has 3 nitrogen and oxygen atoms in total. The van der Waals surface area contributed by atoms with E-state index in [-0.39, 0.29) is 6.10 Å². The van der Waals surface area contributed by atoms with Gasteiger partial charge >= 0.3 is 0 Å². The fourth-order valence-corrected chi connectivity index (χ4v) is 3.86. The van der Waals surface area contributed by atoms with Crippen LogP contribution in [0.3, 0.4) is 0 Å². The Kier molecular flexibility index (Phi) is 5.78. The zero-order valence-corrected chi connectivity index (χ0v) is 12.8. The minimum atomic E-state index is 0.0998. The summed E-state index contributed by atoms with van der Waals surface area (Å²) in [5.74, 6) is 0. The molecule has 0 aromatic heterocycles. The van der Waals surface area contributed by atoms with Crippen LogP contribution in [0.5, 0.6) is 0 Å². The van der Waals surface area contributed by atoms with E-state index in [4.69, 9.17) is 4.74 Å². The van der Waals surface area contributed by atoms with Crippen molar-refractivity contribution in [2.45, 2.75) is 12.5 Å². The normalized spacial score (nSPS) is 25.2. The van der Waals surface area contributed by atoms with Gasteiger partial charge in [0.05, 0.1) is 11.8 Å². The molecule has 2 rings (SSSR count). The summed E-state index contributed by atoms with van der Waals surface area (Å²) < 4.78 is 10.6. The van der Waals surface area contributed by atoms with E-state index in [1.807, 2.05) is 6.26 Å². The first-order valence-electron chi connectivity index (χ1n) is 5.55. The SMILES string of the molecule is COC1C=C/C=C(/C2=CN2SSNSC)CC=C1. The van der Waals surface area contributed by atoms with Crippen LogP contribution in [0.25, 0.3) is 0 Å². The smallest absolute Gasteiger partial charge is 0.0936 e. The van der Waals surface area contributed by atoms with Crippen molar-refractivity contribution in [3.8, 4) is 0 Å². The van der Waals surface area contributed by atoms with Gasteiger partial charge in [0.1, 0.15) is 0 Å². The Balaban J connectivity index is 1.84.